The largest absolute Gasteiger partial charge is 0.390 e. The summed E-state index contributed by atoms with van der Waals surface area (Å²) < 4.78 is 14.8. The quantitative estimate of drug-likeness (QED) is 0.221. The van der Waals surface area contributed by atoms with Crippen LogP contribution < -0.4 is 5.32 Å². The third kappa shape index (κ3) is 4.42. The Hall–Kier alpha value is -2.34. The Morgan fingerprint density at radius 3 is 2.61 bits per heavy atom. The molecule has 2 aliphatic carbocycles. The van der Waals surface area contributed by atoms with E-state index in [2.05, 4.69) is 32.5 Å². The monoisotopic (exact) mass is 474 g/mol. The lowest BCUT2D eigenvalue weighted by atomic mass is 10.1. The summed E-state index contributed by atoms with van der Waals surface area (Å²) >= 11 is 1.54. The number of hydrogen-bond donors (Lipinski definition) is 4. The molecule has 5 rings (SSSR count). The maximum atomic E-state index is 13.3. The first-order valence-electron chi connectivity index (χ1n) is 11.3. The van der Waals surface area contributed by atoms with Gasteiger partial charge in [0, 0.05) is 24.1 Å². The van der Waals surface area contributed by atoms with E-state index in [1.54, 1.807) is 23.9 Å². The molecule has 0 aliphatic heterocycles. The zero-order chi connectivity index (χ0) is 23.1. The number of hydrogen-bond acceptors (Lipinski definition) is 9. The number of unbranched alkanes of at least 4 members (excludes halogenated alkanes) is 1. The Balaban J connectivity index is 1.44. The van der Waals surface area contributed by atoms with E-state index in [-0.39, 0.29) is 24.2 Å². The topological polar surface area (TPSA) is 129 Å². The molecule has 176 valence electrons. The molecule has 4 N–H and O–H groups in total. The third-order valence-electron chi connectivity index (χ3n) is 6.38. The summed E-state index contributed by atoms with van der Waals surface area (Å²) in [6.45, 7) is 2.12. The number of anilines is 1. The molecular weight excluding hydrogens is 447 g/mol. The van der Waals surface area contributed by atoms with Crippen molar-refractivity contribution >= 4 is 28.7 Å². The van der Waals surface area contributed by atoms with Gasteiger partial charge in [0.1, 0.15) is 18.0 Å². The fraction of sp³-hybridized carbons (Fsp3) is 0.545. The summed E-state index contributed by atoms with van der Waals surface area (Å²) in [6, 6.07) is 6.04. The van der Waals surface area contributed by atoms with Crippen molar-refractivity contribution in [3.8, 4) is 0 Å². The number of aliphatic hydroxyl groups is 3. The molecule has 0 amide bonds. The van der Waals surface area contributed by atoms with E-state index in [1.165, 1.54) is 16.8 Å². The van der Waals surface area contributed by atoms with Gasteiger partial charge in [-0.3, -0.25) is 0 Å². The molecule has 2 heterocycles. The average Bonchev–Trinajstić information content (AvgIpc) is 3.36. The molecule has 2 aromatic heterocycles. The van der Waals surface area contributed by atoms with Crippen LogP contribution in [0.2, 0.25) is 0 Å². The number of nitrogens with one attached hydrogen (secondary N) is 1. The van der Waals surface area contributed by atoms with Gasteiger partial charge in [-0.1, -0.05) is 42.5 Å². The molecule has 0 bridgehead atoms. The summed E-state index contributed by atoms with van der Waals surface area (Å²) in [7, 11) is 0. The van der Waals surface area contributed by atoms with Crippen molar-refractivity contribution in [2.24, 2.45) is 0 Å². The van der Waals surface area contributed by atoms with Gasteiger partial charge in [0.25, 0.3) is 0 Å². The van der Waals surface area contributed by atoms with Crippen LogP contribution in [0.25, 0.3) is 11.2 Å². The summed E-state index contributed by atoms with van der Waals surface area (Å²) in [5, 5.41) is 42.9. The second-order valence-corrected chi connectivity index (χ2v) is 9.82. The van der Waals surface area contributed by atoms with Gasteiger partial charge in [-0.25, -0.2) is 19.0 Å². The van der Waals surface area contributed by atoms with Crippen molar-refractivity contribution < 1.29 is 19.7 Å². The summed E-state index contributed by atoms with van der Waals surface area (Å²) in [5.41, 5.74) is 2.00. The Morgan fingerprint density at radius 2 is 1.91 bits per heavy atom. The van der Waals surface area contributed by atoms with Gasteiger partial charge in [0.05, 0.1) is 12.1 Å². The van der Waals surface area contributed by atoms with E-state index in [4.69, 9.17) is 0 Å². The number of nitrogens with zero attached hydrogens (tertiary/aromatic N) is 5. The van der Waals surface area contributed by atoms with Crippen LogP contribution in [0.15, 0.2) is 29.4 Å². The maximum Gasteiger partial charge on any atom is 0.191 e. The molecule has 0 saturated heterocycles. The van der Waals surface area contributed by atoms with Crippen LogP contribution in [0.5, 0.6) is 0 Å². The second-order valence-electron chi connectivity index (χ2n) is 8.76. The normalized spacial score (nSPS) is 29.0. The van der Waals surface area contributed by atoms with E-state index >= 15 is 0 Å². The standard InChI is InChI=1S/C22H27FN6O3S/c1-2-3-8-33-22-25-20(24-14-9-13(14)11-4-6-12(23)7-5-11)17-21(26-22)29(28-27-17)15-10-16(30)19(32)18(15)31/h4-7,13-16,18-19,30-32H,2-3,8-10H2,1H3,(H,24,25,26)/t13?,14?,15-,16+,18+,19-/m0/s1. The lowest BCUT2D eigenvalue weighted by Gasteiger charge is -2.16. The Morgan fingerprint density at radius 1 is 1.12 bits per heavy atom. The molecular formula is C22H27FN6O3S. The molecule has 9 nitrogen and oxygen atoms in total. The first-order valence-corrected chi connectivity index (χ1v) is 12.3. The molecule has 6 atom stereocenters. The first kappa shape index (κ1) is 22.5. The predicted octanol–water partition coefficient (Wildman–Crippen LogP) is 2.25. The predicted molar refractivity (Wildman–Crippen MR) is 122 cm³/mol. The van der Waals surface area contributed by atoms with Crippen molar-refractivity contribution in [3.05, 3.63) is 35.6 Å². The number of benzene rings is 1. The van der Waals surface area contributed by atoms with Gasteiger partial charge in [0.2, 0.25) is 0 Å². The van der Waals surface area contributed by atoms with E-state index in [0.29, 0.717) is 22.1 Å². The zero-order valence-corrected chi connectivity index (χ0v) is 19.0. The van der Waals surface area contributed by atoms with Crippen LogP contribution in [0.1, 0.15) is 50.1 Å². The average molecular weight is 475 g/mol. The molecule has 0 radical (unpaired) electrons. The summed E-state index contributed by atoms with van der Waals surface area (Å²) in [4.78, 5) is 9.33. The highest BCUT2D eigenvalue weighted by molar-refractivity contribution is 7.99. The third-order valence-corrected chi connectivity index (χ3v) is 7.31. The summed E-state index contributed by atoms with van der Waals surface area (Å²) in [5.74, 6) is 1.43. The lowest BCUT2D eigenvalue weighted by Crippen LogP contribution is -2.31. The van der Waals surface area contributed by atoms with Crippen LogP contribution in [0.3, 0.4) is 0 Å². The smallest absolute Gasteiger partial charge is 0.191 e. The van der Waals surface area contributed by atoms with Gasteiger partial charge < -0.3 is 20.6 Å². The van der Waals surface area contributed by atoms with E-state index in [1.807, 2.05) is 0 Å². The van der Waals surface area contributed by atoms with E-state index in [0.717, 1.165) is 30.6 Å². The molecule has 1 aromatic carbocycles. The van der Waals surface area contributed by atoms with Gasteiger partial charge in [-0.2, -0.15) is 0 Å². The SMILES string of the molecule is CCCCSc1nc(NC2CC2c2ccc(F)cc2)c2nnn([C@H]3C[C@@H](O)[C@H](O)[C@@H]3O)c2n1. The second kappa shape index (κ2) is 9.13. The van der Waals surface area contributed by atoms with Gasteiger partial charge in [0.15, 0.2) is 22.1 Å². The molecule has 2 unspecified atom stereocenters. The minimum atomic E-state index is -1.24. The molecule has 2 saturated carbocycles. The van der Waals surface area contributed by atoms with Gasteiger partial charge in [-0.05, 0) is 30.5 Å². The molecule has 2 aliphatic rings. The van der Waals surface area contributed by atoms with Crippen molar-refractivity contribution in [2.75, 3.05) is 11.1 Å². The Labute approximate surface area is 194 Å². The molecule has 2 fully saturated rings. The fourth-order valence-electron chi connectivity index (χ4n) is 4.34. The molecule has 11 heteroatoms. The maximum absolute atomic E-state index is 13.3. The van der Waals surface area contributed by atoms with Crippen LogP contribution in [0, 0.1) is 5.82 Å². The van der Waals surface area contributed by atoms with Crippen molar-refractivity contribution in [2.45, 2.75) is 74.1 Å². The summed E-state index contributed by atoms with van der Waals surface area (Å²) in [6.07, 6.45) is -0.310. The van der Waals surface area contributed by atoms with Crippen molar-refractivity contribution in [1.82, 2.24) is 25.0 Å². The van der Waals surface area contributed by atoms with Crippen LogP contribution >= 0.6 is 11.8 Å². The molecule has 0 spiro atoms. The first-order chi connectivity index (χ1) is 16.0. The number of aromatic nitrogens is 5. The lowest BCUT2D eigenvalue weighted by molar-refractivity contribution is -0.0253. The highest BCUT2D eigenvalue weighted by Crippen LogP contribution is 2.43. The van der Waals surface area contributed by atoms with Crippen molar-refractivity contribution in [3.63, 3.8) is 0 Å². The van der Waals surface area contributed by atoms with Gasteiger partial charge in [-0.15, -0.1) is 5.10 Å². The minimum absolute atomic E-state index is 0.132. The Kier molecular flexibility index (Phi) is 6.21. The molecule has 33 heavy (non-hydrogen) atoms. The highest BCUT2D eigenvalue weighted by atomic mass is 32.2. The number of aliphatic hydroxyl groups excluding tert-OH is 3. The van der Waals surface area contributed by atoms with Crippen molar-refractivity contribution in [1.29, 1.82) is 0 Å². The zero-order valence-electron chi connectivity index (χ0n) is 18.2. The fourth-order valence-corrected chi connectivity index (χ4v) is 5.26. The highest BCUT2D eigenvalue weighted by Gasteiger charge is 2.43. The Bertz CT molecular complexity index is 1130. The van der Waals surface area contributed by atoms with E-state index in [9.17, 15) is 19.7 Å². The minimum Gasteiger partial charge on any atom is -0.390 e. The number of thioether (sulfide) groups is 1. The van der Waals surface area contributed by atoms with Crippen LogP contribution in [-0.2, 0) is 0 Å². The number of rotatable bonds is 8. The van der Waals surface area contributed by atoms with Crippen LogP contribution in [0.4, 0.5) is 10.2 Å². The number of fused-ring (bicyclic) bond motifs is 1. The van der Waals surface area contributed by atoms with Gasteiger partial charge >= 0.3 is 0 Å². The molecule has 3 aromatic rings. The van der Waals surface area contributed by atoms with Crippen LogP contribution in [-0.4, -0.2) is 70.4 Å². The van der Waals surface area contributed by atoms with E-state index < -0.39 is 24.4 Å². The number of halogens is 1.